The summed E-state index contributed by atoms with van der Waals surface area (Å²) >= 11 is 0. The highest BCUT2D eigenvalue weighted by Gasteiger charge is 2.55. The summed E-state index contributed by atoms with van der Waals surface area (Å²) in [6.07, 6.45) is 5.52. The zero-order chi connectivity index (χ0) is 16.4. The van der Waals surface area contributed by atoms with Gasteiger partial charge in [0.2, 0.25) is 0 Å². The van der Waals surface area contributed by atoms with Crippen molar-refractivity contribution >= 4 is 11.9 Å². The third-order valence-corrected chi connectivity index (χ3v) is 5.42. The molecule has 1 saturated heterocycles. The summed E-state index contributed by atoms with van der Waals surface area (Å²) < 4.78 is 15.9. The first-order chi connectivity index (χ1) is 11.0. The summed E-state index contributed by atoms with van der Waals surface area (Å²) in [5, 5.41) is 9.57. The zero-order valence-electron chi connectivity index (χ0n) is 13.7. The minimum atomic E-state index is -0.500. The predicted octanol–water partition coefficient (Wildman–Crippen LogP) is 1.58. The van der Waals surface area contributed by atoms with Crippen molar-refractivity contribution in [2.24, 2.45) is 11.8 Å². The molecule has 23 heavy (non-hydrogen) atoms. The fourth-order valence-electron chi connectivity index (χ4n) is 3.75. The second-order valence-corrected chi connectivity index (χ2v) is 7.37. The SMILES string of the molecule is CC12CCC(COC(=O)COC(=O)C3CCCC(O)C3)CC1O2. The molecule has 1 N–H and O–H groups in total. The molecule has 1 heterocycles. The normalized spacial score (nSPS) is 39.2. The lowest BCUT2D eigenvalue weighted by molar-refractivity contribution is -0.163. The van der Waals surface area contributed by atoms with E-state index in [0.29, 0.717) is 31.5 Å². The van der Waals surface area contributed by atoms with E-state index < -0.39 is 18.0 Å². The molecule has 5 unspecified atom stereocenters. The molecule has 0 aromatic heterocycles. The fraction of sp³-hybridized carbons (Fsp3) is 0.882. The molecule has 6 heteroatoms. The van der Waals surface area contributed by atoms with E-state index in [1.807, 2.05) is 0 Å². The summed E-state index contributed by atoms with van der Waals surface area (Å²) in [6, 6.07) is 0. The minimum Gasteiger partial charge on any atom is -0.463 e. The Labute approximate surface area is 136 Å². The molecule has 1 aliphatic heterocycles. The number of hydrogen-bond acceptors (Lipinski definition) is 6. The van der Waals surface area contributed by atoms with Crippen molar-refractivity contribution in [3.63, 3.8) is 0 Å². The molecular weight excluding hydrogens is 300 g/mol. The summed E-state index contributed by atoms with van der Waals surface area (Å²) in [5.74, 6) is -0.862. The maximum absolute atomic E-state index is 11.9. The molecule has 0 radical (unpaired) electrons. The number of ether oxygens (including phenoxy) is 3. The monoisotopic (exact) mass is 326 g/mol. The third kappa shape index (κ3) is 4.23. The predicted molar refractivity (Wildman–Crippen MR) is 80.5 cm³/mol. The maximum Gasteiger partial charge on any atom is 0.344 e. The van der Waals surface area contributed by atoms with Gasteiger partial charge in [0.15, 0.2) is 6.61 Å². The van der Waals surface area contributed by atoms with Crippen molar-refractivity contribution in [1.82, 2.24) is 0 Å². The van der Waals surface area contributed by atoms with E-state index in [4.69, 9.17) is 14.2 Å². The summed E-state index contributed by atoms with van der Waals surface area (Å²) in [5.41, 5.74) is 0.0700. The molecule has 130 valence electrons. The molecule has 3 rings (SSSR count). The average molecular weight is 326 g/mol. The lowest BCUT2D eigenvalue weighted by atomic mass is 9.83. The van der Waals surface area contributed by atoms with Crippen molar-refractivity contribution in [3.8, 4) is 0 Å². The Morgan fingerprint density at radius 3 is 2.78 bits per heavy atom. The van der Waals surface area contributed by atoms with Gasteiger partial charge in [-0.1, -0.05) is 6.42 Å². The first kappa shape index (κ1) is 16.7. The highest BCUT2D eigenvalue weighted by molar-refractivity contribution is 5.77. The molecule has 2 saturated carbocycles. The van der Waals surface area contributed by atoms with Crippen molar-refractivity contribution in [1.29, 1.82) is 0 Å². The molecule has 0 bridgehead atoms. The van der Waals surface area contributed by atoms with Crippen LogP contribution in [0.4, 0.5) is 0 Å². The Morgan fingerprint density at radius 1 is 1.22 bits per heavy atom. The Morgan fingerprint density at radius 2 is 2.04 bits per heavy atom. The molecule has 6 nitrogen and oxygen atoms in total. The molecule has 3 fully saturated rings. The maximum atomic E-state index is 11.9. The van der Waals surface area contributed by atoms with Crippen LogP contribution in [0.2, 0.25) is 0 Å². The molecule has 0 amide bonds. The lowest BCUT2D eigenvalue weighted by Gasteiger charge is -2.24. The van der Waals surface area contributed by atoms with E-state index in [1.54, 1.807) is 0 Å². The van der Waals surface area contributed by atoms with Crippen molar-refractivity contribution in [3.05, 3.63) is 0 Å². The van der Waals surface area contributed by atoms with Gasteiger partial charge in [-0.05, 0) is 51.4 Å². The van der Waals surface area contributed by atoms with Crippen molar-refractivity contribution < 1.29 is 28.9 Å². The summed E-state index contributed by atoms with van der Waals surface area (Å²) in [6.45, 7) is 2.16. The Kier molecular flexibility index (Phi) is 4.92. The van der Waals surface area contributed by atoms with Crippen LogP contribution in [0.3, 0.4) is 0 Å². The van der Waals surface area contributed by atoms with E-state index in [0.717, 1.165) is 32.1 Å². The first-order valence-corrected chi connectivity index (χ1v) is 8.64. The second kappa shape index (κ2) is 6.77. The smallest absolute Gasteiger partial charge is 0.344 e. The van der Waals surface area contributed by atoms with Gasteiger partial charge < -0.3 is 19.3 Å². The number of esters is 2. The molecule has 0 aromatic carbocycles. The van der Waals surface area contributed by atoms with Crippen molar-refractivity contribution in [2.45, 2.75) is 69.7 Å². The zero-order valence-corrected chi connectivity index (χ0v) is 13.7. The average Bonchev–Trinajstić information content (AvgIpc) is 3.21. The van der Waals surface area contributed by atoms with Gasteiger partial charge in [-0.25, -0.2) is 4.79 Å². The Balaban J connectivity index is 1.31. The van der Waals surface area contributed by atoms with E-state index >= 15 is 0 Å². The van der Waals surface area contributed by atoms with Crippen molar-refractivity contribution in [2.75, 3.05) is 13.2 Å². The van der Waals surface area contributed by atoms with Gasteiger partial charge in [-0.3, -0.25) is 4.79 Å². The Bertz CT molecular complexity index is 464. The van der Waals surface area contributed by atoms with Crippen LogP contribution < -0.4 is 0 Å². The summed E-state index contributed by atoms with van der Waals surface area (Å²) in [7, 11) is 0. The number of aliphatic hydroxyl groups is 1. The van der Waals surface area contributed by atoms with Gasteiger partial charge in [0.05, 0.1) is 30.3 Å². The molecule has 3 aliphatic rings. The topological polar surface area (TPSA) is 85.4 Å². The van der Waals surface area contributed by atoms with E-state index in [-0.39, 0.29) is 18.1 Å². The van der Waals surface area contributed by atoms with Gasteiger partial charge >= 0.3 is 11.9 Å². The lowest BCUT2D eigenvalue weighted by Crippen LogP contribution is -2.29. The van der Waals surface area contributed by atoms with Gasteiger partial charge in [0.25, 0.3) is 0 Å². The third-order valence-electron chi connectivity index (χ3n) is 5.42. The van der Waals surface area contributed by atoms with Crippen LogP contribution >= 0.6 is 0 Å². The number of fused-ring (bicyclic) bond motifs is 1. The fourth-order valence-corrected chi connectivity index (χ4v) is 3.75. The van der Waals surface area contributed by atoms with Crippen LogP contribution in [0.5, 0.6) is 0 Å². The van der Waals surface area contributed by atoms with Crippen LogP contribution in [0.15, 0.2) is 0 Å². The number of carbonyl (C=O) groups excluding carboxylic acids is 2. The minimum absolute atomic E-state index is 0.0700. The van der Waals surface area contributed by atoms with E-state index in [1.165, 1.54) is 0 Å². The molecule has 0 aromatic rings. The largest absolute Gasteiger partial charge is 0.463 e. The van der Waals surface area contributed by atoms with Crippen LogP contribution in [0.25, 0.3) is 0 Å². The van der Waals surface area contributed by atoms with Gasteiger partial charge in [0, 0.05) is 0 Å². The van der Waals surface area contributed by atoms with Crippen LogP contribution in [-0.4, -0.2) is 48.1 Å². The first-order valence-electron chi connectivity index (χ1n) is 8.64. The van der Waals surface area contributed by atoms with Gasteiger partial charge in [-0.15, -0.1) is 0 Å². The quantitative estimate of drug-likeness (QED) is 0.610. The van der Waals surface area contributed by atoms with Gasteiger partial charge in [0.1, 0.15) is 0 Å². The number of rotatable bonds is 5. The van der Waals surface area contributed by atoms with Crippen LogP contribution in [0.1, 0.15) is 51.9 Å². The Hall–Kier alpha value is -1.14. The molecule has 5 atom stereocenters. The number of hydrogen-bond donors (Lipinski definition) is 1. The molecular formula is C17H26O6. The number of aliphatic hydroxyl groups excluding tert-OH is 1. The standard InChI is InChI=1S/C17H26O6/c1-17-6-5-11(7-14(17)23-17)9-21-15(19)10-22-16(20)12-3-2-4-13(18)8-12/h11-14,18H,2-10H2,1H3. The van der Waals surface area contributed by atoms with E-state index in [9.17, 15) is 14.7 Å². The number of epoxide rings is 1. The highest BCUT2D eigenvalue weighted by atomic mass is 16.6. The van der Waals surface area contributed by atoms with E-state index in [2.05, 4.69) is 6.92 Å². The second-order valence-electron chi connectivity index (χ2n) is 7.37. The summed E-state index contributed by atoms with van der Waals surface area (Å²) in [4.78, 5) is 23.6. The van der Waals surface area contributed by atoms with Crippen LogP contribution in [-0.2, 0) is 23.8 Å². The van der Waals surface area contributed by atoms with Gasteiger partial charge in [-0.2, -0.15) is 0 Å². The number of carbonyl (C=O) groups is 2. The highest BCUT2D eigenvalue weighted by Crippen LogP contribution is 2.49. The van der Waals surface area contributed by atoms with Crippen LogP contribution in [0, 0.1) is 11.8 Å². The molecule has 0 spiro atoms. The molecule has 2 aliphatic carbocycles.